The van der Waals surface area contributed by atoms with Gasteiger partial charge in [-0.25, -0.2) is 0 Å². The monoisotopic (exact) mass is 371 g/mol. The fourth-order valence-electron chi connectivity index (χ4n) is 2.21. The summed E-state index contributed by atoms with van der Waals surface area (Å²) in [6, 6.07) is 14.0. The smallest absolute Gasteiger partial charge is 0.322 e. The first kappa shape index (κ1) is 17.9. The predicted octanol–water partition coefficient (Wildman–Crippen LogP) is 4.82. The van der Waals surface area contributed by atoms with E-state index in [-0.39, 0.29) is 11.9 Å². The molecule has 0 spiro atoms. The number of carbonyl (C=O) groups is 1. The Labute approximate surface area is 156 Å². The van der Waals surface area contributed by atoms with Gasteiger partial charge in [0.25, 0.3) is 5.91 Å². The Bertz CT molecular complexity index is 878. The van der Waals surface area contributed by atoms with Gasteiger partial charge in [0.05, 0.1) is 6.61 Å². The number of aromatic nitrogens is 2. The molecule has 26 heavy (non-hydrogen) atoms. The number of rotatable bonds is 7. The zero-order chi connectivity index (χ0) is 18.4. The molecule has 0 fully saturated rings. The maximum Gasteiger partial charge on any atom is 0.322 e. The number of carbonyl (C=O) groups excluding carboxylic acids is 1. The minimum Gasteiger partial charge on any atom is -0.494 e. The molecule has 0 saturated heterocycles. The van der Waals surface area contributed by atoms with E-state index in [1.54, 1.807) is 42.5 Å². The molecule has 0 aliphatic heterocycles. The standard InChI is InChI=1S/C19H18ClN3O3/c1-2-3-11-25-16-6-4-5-14(12-16)17(24)21-19-23-22-18(26-19)13-7-9-15(20)10-8-13/h4-10,12H,2-3,11H2,1H3,(H,21,23,24). The predicted molar refractivity (Wildman–Crippen MR) is 99.5 cm³/mol. The number of ether oxygens (including phenoxy) is 1. The van der Waals surface area contributed by atoms with E-state index in [4.69, 9.17) is 20.8 Å². The fraction of sp³-hybridized carbons (Fsp3) is 0.211. The van der Waals surface area contributed by atoms with Crippen molar-refractivity contribution in [1.29, 1.82) is 0 Å². The fourth-order valence-corrected chi connectivity index (χ4v) is 2.34. The van der Waals surface area contributed by atoms with Crippen molar-refractivity contribution in [3.63, 3.8) is 0 Å². The summed E-state index contributed by atoms with van der Waals surface area (Å²) in [5.74, 6) is 0.601. The Morgan fingerprint density at radius 3 is 2.77 bits per heavy atom. The van der Waals surface area contributed by atoms with Crippen molar-refractivity contribution in [1.82, 2.24) is 10.2 Å². The van der Waals surface area contributed by atoms with Crippen molar-refractivity contribution in [2.45, 2.75) is 19.8 Å². The van der Waals surface area contributed by atoms with Gasteiger partial charge in [-0.05, 0) is 48.9 Å². The largest absolute Gasteiger partial charge is 0.494 e. The molecule has 3 aromatic rings. The molecule has 0 aliphatic rings. The van der Waals surface area contributed by atoms with Crippen LogP contribution in [-0.2, 0) is 0 Å². The third kappa shape index (κ3) is 4.61. The Hall–Kier alpha value is -2.86. The first-order valence-corrected chi connectivity index (χ1v) is 8.67. The normalized spacial score (nSPS) is 10.5. The lowest BCUT2D eigenvalue weighted by molar-refractivity contribution is 0.102. The van der Waals surface area contributed by atoms with Crippen LogP contribution in [0.15, 0.2) is 52.9 Å². The quantitative estimate of drug-likeness (QED) is 0.602. The number of hydrogen-bond acceptors (Lipinski definition) is 5. The average Bonchev–Trinajstić information content (AvgIpc) is 3.11. The molecule has 7 heteroatoms. The highest BCUT2D eigenvalue weighted by Crippen LogP contribution is 2.22. The number of amides is 1. The molecule has 0 atom stereocenters. The summed E-state index contributed by atoms with van der Waals surface area (Å²) in [4.78, 5) is 12.4. The van der Waals surface area contributed by atoms with Crippen molar-refractivity contribution in [3.05, 3.63) is 59.1 Å². The third-order valence-corrected chi connectivity index (χ3v) is 3.85. The highest BCUT2D eigenvalue weighted by atomic mass is 35.5. The second kappa shape index (κ2) is 8.49. The summed E-state index contributed by atoms with van der Waals surface area (Å²) >= 11 is 5.86. The summed E-state index contributed by atoms with van der Waals surface area (Å²) in [7, 11) is 0. The van der Waals surface area contributed by atoms with Gasteiger partial charge >= 0.3 is 6.01 Å². The highest BCUT2D eigenvalue weighted by Gasteiger charge is 2.13. The molecule has 0 bridgehead atoms. The zero-order valence-corrected chi connectivity index (χ0v) is 15.0. The van der Waals surface area contributed by atoms with Crippen LogP contribution >= 0.6 is 11.6 Å². The lowest BCUT2D eigenvalue weighted by atomic mass is 10.2. The Morgan fingerprint density at radius 2 is 2.00 bits per heavy atom. The van der Waals surface area contributed by atoms with Crippen molar-refractivity contribution in [2.75, 3.05) is 11.9 Å². The molecular formula is C19H18ClN3O3. The number of halogens is 1. The first-order valence-electron chi connectivity index (χ1n) is 8.29. The Balaban J connectivity index is 1.66. The van der Waals surface area contributed by atoms with E-state index in [9.17, 15) is 4.79 Å². The number of benzene rings is 2. The van der Waals surface area contributed by atoms with Crippen LogP contribution in [0.2, 0.25) is 5.02 Å². The lowest BCUT2D eigenvalue weighted by Crippen LogP contribution is -2.12. The van der Waals surface area contributed by atoms with Crippen LogP contribution in [0.25, 0.3) is 11.5 Å². The number of anilines is 1. The molecule has 0 saturated carbocycles. The lowest BCUT2D eigenvalue weighted by Gasteiger charge is -2.07. The van der Waals surface area contributed by atoms with Crippen molar-refractivity contribution in [2.24, 2.45) is 0 Å². The topological polar surface area (TPSA) is 77.2 Å². The molecule has 1 heterocycles. The maximum absolute atomic E-state index is 12.4. The molecule has 0 unspecified atom stereocenters. The number of hydrogen-bond donors (Lipinski definition) is 1. The van der Waals surface area contributed by atoms with E-state index in [0.29, 0.717) is 34.4 Å². The van der Waals surface area contributed by atoms with Crippen LogP contribution < -0.4 is 10.1 Å². The molecule has 1 N–H and O–H groups in total. The van der Waals surface area contributed by atoms with Crippen molar-refractivity contribution < 1.29 is 13.9 Å². The summed E-state index contributed by atoms with van der Waals surface area (Å²) in [5, 5.41) is 11.0. The summed E-state index contributed by atoms with van der Waals surface area (Å²) in [6.45, 7) is 2.71. The van der Waals surface area contributed by atoms with Gasteiger partial charge in [0.2, 0.25) is 5.89 Å². The van der Waals surface area contributed by atoms with E-state index in [0.717, 1.165) is 12.8 Å². The first-order chi connectivity index (χ1) is 12.7. The van der Waals surface area contributed by atoms with Crippen molar-refractivity contribution >= 4 is 23.5 Å². The summed E-state index contributed by atoms with van der Waals surface area (Å²) in [6.07, 6.45) is 2.01. The Morgan fingerprint density at radius 1 is 1.19 bits per heavy atom. The molecule has 6 nitrogen and oxygen atoms in total. The second-order valence-electron chi connectivity index (χ2n) is 5.60. The van der Waals surface area contributed by atoms with Crippen LogP contribution in [0.5, 0.6) is 5.75 Å². The summed E-state index contributed by atoms with van der Waals surface area (Å²) in [5.41, 5.74) is 1.17. The minimum absolute atomic E-state index is 0.0252. The van der Waals surface area contributed by atoms with E-state index in [2.05, 4.69) is 22.4 Å². The van der Waals surface area contributed by atoms with Crippen LogP contribution in [0, 0.1) is 0 Å². The maximum atomic E-state index is 12.4. The third-order valence-electron chi connectivity index (χ3n) is 3.60. The van der Waals surface area contributed by atoms with E-state index < -0.39 is 0 Å². The van der Waals surface area contributed by atoms with E-state index >= 15 is 0 Å². The number of nitrogens with one attached hydrogen (secondary N) is 1. The molecule has 1 aromatic heterocycles. The van der Waals surface area contributed by atoms with Crippen LogP contribution in [0.3, 0.4) is 0 Å². The Kier molecular flexibility index (Phi) is 5.86. The van der Waals surface area contributed by atoms with Gasteiger partial charge in [0.15, 0.2) is 0 Å². The number of nitrogens with zero attached hydrogens (tertiary/aromatic N) is 2. The molecular weight excluding hydrogens is 354 g/mol. The van der Waals surface area contributed by atoms with Crippen LogP contribution in [0.1, 0.15) is 30.1 Å². The molecule has 1 amide bonds. The van der Waals surface area contributed by atoms with Crippen molar-refractivity contribution in [3.8, 4) is 17.2 Å². The van der Waals surface area contributed by atoms with Gasteiger partial charge < -0.3 is 9.15 Å². The zero-order valence-electron chi connectivity index (χ0n) is 14.2. The molecule has 0 radical (unpaired) electrons. The van der Waals surface area contributed by atoms with Gasteiger partial charge in [-0.3, -0.25) is 10.1 Å². The summed E-state index contributed by atoms with van der Waals surface area (Å²) < 4.78 is 11.1. The van der Waals surface area contributed by atoms with Gasteiger partial charge in [-0.15, -0.1) is 5.10 Å². The van der Waals surface area contributed by atoms with Crippen LogP contribution in [0.4, 0.5) is 6.01 Å². The molecule has 0 aliphatic carbocycles. The SMILES string of the molecule is CCCCOc1cccc(C(=O)Nc2nnc(-c3ccc(Cl)cc3)o2)c1. The minimum atomic E-state index is -0.350. The molecule has 134 valence electrons. The van der Waals surface area contributed by atoms with Gasteiger partial charge in [-0.2, -0.15) is 0 Å². The average molecular weight is 372 g/mol. The van der Waals surface area contributed by atoms with Crippen LogP contribution in [-0.4, -0.2) is 22.7 Å². The van der Waals surface area contributed by atoms with E-state index in [1.165, 1.54) is 0 Å². The molecule has 3 rings (SSSR count). The highest BCUT2D eigenvalue weighted by molar-refractivity contribution is 6.30. The van der Waals surface area contributed by atoms with Gasteiger partial charge in [0.1, 0.15) is 5.75 Å². The number of unbranched alkanes of at least 4 members (excludes halogenated alkanes) is 1. The molecule has 2 aromatic carbocycles. The van der Waals surface area contributed by atoms with Gasteiger partial charge in [-0.1, -0.05) is 36.1 Å². The van der Waals surface area contributed by atoms with Gasteiger partial charge in [0, 0.05) is 16.1 Å². The van der Waals surface area contributed by atoms with E-state index in [1.807, 2.05) is 6.07 Å². The second-order valence-corrected chi connectivity index (χ2v) is 6.04.